The Bertz CT molecular complexity index is 1260. The quantitative estimate of drug-likeness (QED) is 0.484. The maximum Gasteiger partial charge on any atom is 0.405 e. The molecular formula is C24H19NO4. The Morgan fingerprint density at radius 3 is 2.10 bits per heavy atom. The number of carbonyl (C=O) groups excluding carboxylic acids is 1. The summed E-state index contributed by atoms with van der Waals surface area (Å²) < 4.78 is 5.31. The van der Waals surface area contributed by atoms with Gasteiger partial charge in [0.15, 0.2) is 0 Å². The van der Waals surface area contributed by atoms with Crippen LogP contribution in [-0.4, -0.2) is 17.2 Å². The number of primary amides is 1. The van der Waals surface area contributed by atoms with Crippen molar-refractivity contribution in [3.63, 3.8) is 0 Å². The molecule has 5 nitrogen and oxygen atoms in total. The van der Waals surface area contributed by atoms with Crippen LogP contribution in [-0.2, 0) is 4.74 Å². The fourth-order valence-electron chi connectivity index (χ4n) is 3.92. The Labute approximate surface area is 167 Å². The highest BCUT2D eigenvalue weighted by Gasteiger charge is 2.23. The molecule has 0 radical (unpaired) electrons. The van der Waals surface area contributed by atoms with E-state index in [1.807, 2.05) is 60.7 Å². The molecule has 4 rings (SSSR count). The third-order valence-electron chi connectivity index (χ3n) is 5.10. The number of carbonyl (C=O) groups is 2. The van der Waals surface area contributed by atoms with Gasteiger partial charge in [-0.3, -0.25) is 0 Å². The van der Waals surface area contributed by atoms with Crippen LogP contribution < -0.4 is 5.73 Å². The van der Waals surface area contributed by atoms with Gasteiger partial charge in [-0.15, -0.1) is 0 Å². The van der Waals surface area contributed by atoms with Gasteiger partial charge in [0.2, 0.25) is 0 Å². The Morgan fingerprint density at radius 1 is 0.862 bits per heavy atom. The van der Waals surface area contributed by atoms with E-state index >= 15 is 0 Å². The zero-order valence-electron chi connectivity index (χ0n) is 15.8. The van der Waals surface area contributed by atoms with Crippen LogP contribution in [0.25, 0.3) is 32.7 Å². The molecule has 144 valence electrons. The SMILES string of the molecule is CC(OC(N)=O)c1c(-c2c(C(=O)O)ccc3ccccc23)ccc2ccccc12. The van der Waals surface area contributed by atoms with E-state index in [0.717, 1.165) is 27.1 Å². The van der Waals surface area contributed by atoms with Crippen LogP contribution >= 0.6 is 0 Å². The van der Waals surface area contributed by atoms with Crippen molar-refractivity contribution in [1.29, 1.82) is 0 Å². The molecule has 1 amide bonds. The second-order valence-electron chi connectivity index (χ2n) is 6.84. The van der Waals surface area contributed by atoms with Crippen LogP contribution in [0.15, 0.2) is 72.8 Å². The first-order chi connectivity index (χ1) is 14.0. The van der Waals surface area contributed by atoms with Crippen LogP contribution in [0.4, 0.5) is 4.79 Å². The molecule has 5 heteroatoms. The van der Waals surface area contributed by atoms with Gasteiger partial charge >= 0.3 is 12.1 Å². The first-order valence-corrected chi connectivity index (χ1v) is 9.20. The van der Waals surface area contributed by atoms with Crippen molar-refractivity contribution in [1.82, 2.24) is 0 Å². The number of rotatable bonds is 4. The summed E-state index contributed by atoms with van der Waals surface area (Å²) in [5.74, 6) is -1.02. The molecule has 0 heterocycles. The van der Waals surface area contributed by atoms with Crippen molar-refractivity contribution in [2.24, 2.45) is 5.73 Å². The average Bonchev–Trinajstić information content (AvgIpc) is 2.71. The molecule has 1 atom stereocenters. The van der Waals surface area contributed by atoms with Crippen molar-refractivity contribution in [3.8, 4) is 11.1 Å². The Hall–Kier alpha value is -3.86. The van der Waals surface area contributed by atoms with Crippen molar-refractivity contribution >= 4 is 33.6 Å². The summed E-state index contributed by atoms with van der Waals surface area (Å²) >= 11 is 0. The number of ether oxygens (including phenoxy) is 1. The summed E-state index contributed by atoms with van der Waals surface area (Å²) in [6.45, 7) is 1.74. The number of aromatic carboxylic acids is 1. The maximum atomic E-state index is 12.1. The predicted octanol–water partition coefficient (Wildman–Crippen LogP) is 5.51. The zero-order valence-corrected chi connectivity index (χ0v) is 15.8. The fraction of sp³-hybridized carbons (Fsp3) is 0.0833. The lowest BCUT2D eigenvalue weighted by Crippen LogP contribution is -2.16. The molecular weight excluding hydrogens is 366 g/mol. The van der Waals surface area contributed by atoms with E-state index < -0.39 is 18.2 Å². The second-order valence-corrected chi connectivity index (χ2v) is 6.84. The molecule has 0 spiro atoms. The van der Waals surface area contributed by atoms with Gasteiger partial charge in [0.25, 0.3) is 0 Å². The fourth-order valence-corrected chi connectivity index (χ4v) is 3.92. The zero-order chi connectivity index (χ0) is 20.5. The second kappa shape index (κ2) is 7.28. The van der Waals surface area contributed by atoms with E-state index in [0.29, 0.717) is 11.1 Å². The van der Waals surface area contributed by atoms with Gasteiger partial charge in [0.1, 0.15) is 6.10 Å². The van der Waals surface area contributed by atoms with Crippen LogP contribution in [0.5, 0.6) is 0 Å². The van der Waals surface area contributed by atoms with Crippen LogP contribution in [0.2, 0.25) is 0 Å². The van der Waals surface area contributed by atoms with Crippen LogP contribution in [0, 0.1) is 0 Å². The van der Waals surface area contributed by atoms with Gasteiger partial charge in [-0.05, 0) is 40.1 Å². The lowest BCUT2D eigenvalue weighted by molar-refractivity contribution is 0.0697. The molecule has 0 aliphatic rings. The molecule has 0 saturated carbocycles. The number of benzene rings is 4. The van der Waals surface area contributed by atoms with Crippen LogP contribution in [0.1, 0.15) is 28.9 Å². The van der Waals surface area contributed by atoms with Gasteiger partial charge in [-0.2, -0.15) is 0 Å². The van der Waals surface area contributed by atoms with Gasteiger partial charge in [-0.1, -0.05) is 66.7 Å². The monoisotopic (exact) mass is 385 g/mol. The molecule has 4 aromatic carbocycles. The van der Waals surface area contributed by atoms with E-state index in [-0.39, 0.29) is 5.56 Å². The van der Waals surface area contributed by atoms with E-state index in [1.165, 1.54) is 0 Å². The predicted molar refractivity (Wildman–Crippen MR) is 113 cm³/mol. The molecule has 0 bridgehead atoms. The summed E-state index contributed by atoms with van der Waals surface area (Å²) in [7, 11) is 0. The van der Waals surface area contributed by atoms with E-state index in [9.17, 15) is 14.7 Å². The summed E-state index contributed by atoms with van der Waals surface area (Å²) in [6.07, 6.45) is -1.54. The number of amides is 1. The third kappa shape index (κ3) is 3.27. The lowest BCUT2D eigenvalue weighted by Gasteiger charge is -2.21. The summed E-state index contributed by atoms with van der Waals surface area (Å²) in [5.41, 5.74) is 7.48. The Morgan fingerprint density at radius 2 is 1.45 bits per heavy atom. The summed E-state index contributed by atoms with van der Waals surface area (Å²) in [5, 5.41) is 13.4. The van der Waals surface area contributed by atoms with E-state index in [2.05, 4.69) is 0 Å². The number of hydrogen-bond donors (Lipinski definition) is 2. The maximum absolute atomic E-state index is 12.1. The average molecular weight is 385 g/mol. The van der Waals surface area contributed by atoms with Gasteiger partial charge in [-0.25, -0.2) is 9.59 Å². The highest BCUT2D eigenvalue weighted by molar-refractivity contribution is 6.09. The Kier molecular flexibility index (Phi) is 4.64. The minimum Gasteiger partial charge on any atom is -0.478 e. The molecule has 0 fully saturated rings. The normalized spacial score (nSPS) is 12.0. The van der Waals surface area contributed by atoms with Gasteiger partial charge in [0.05, 0.1) is 5.56 Å². The molecule has 0 aliphatic carbocycles. The largest absolute Gasteiger partial charge is 0.478 e. The molecule has 4 aromatic rings. The van der Waals surface area contributed by atoms with Crippen molar-refractivity contribution in [2.75, 3.05) is 0 Å². The first-order valence-electron chi connectivity index (χ1n) is 9.20. The third-order valence-corrected chi connectivity index (χ3v) is 5.10. The lowest BCUT2D eigenvalue weighted by atomic mass is 9.86. The van der Waals surface area contributed by atoms with Gasteiger partial charge < -0.3 is 15.6 Å². The number of hydrogen-bond acceptors (Lipinski definition) is 3. The minimum atomic E-state index is -1.02. The summed E-state index contributed by atoms with van der Waals surface area (Å²) in [4.78, 5) is 23.5. The Balaban J connectivity index is 2.13. The van der Waals surface area contributed by atoms with Gasteiger partial charge in [0, 0.05) is 11.1 Å². The van der Waals surface area contributed by atoms with Crippen molar-refractivity contribution < 1.29 is 19.4 Å². The molecule has 0 saturated heterocycles. The highest BCUT2D eigenvalue weighted by Crippen LogP contribution is 2.40. The van der Waals surface area contributed by atoms with E-state index in [1.54, 1.807) is 19.1 Å². The molecule has 1 unspecified atom stereocenters. The molecule has 29 heavy (non-hydrogen) atoms. The molecule has 0 aliphatic heterocycles. The summed E-state index contributed by atoms with van der Waals surface area (Å²) in [6, 6.07) is 22.6. The molecule has 0 aromatic heterocycles. The van der Waals surface area contributed by atoms with Crippen molar-refractivity contribution in [3.05, 3.63) is 83.9 Å². The minimum absolute atomic E-state index is 0.187. The van der Waals surface area contributed by atoms with Crippen LogP contribution in [0.3, 0.4) is 0 Å². The standard InChI is InChI=1S/C24H19NO4/c1-14(29-24(25)28)21-17-8-4-2-6-15(17)10-12-19(21)22-18-9-5-3-7-16(18)11-13-20(22)23(26)27/h2-14H,1H3,(H2,25,28)(H,26,27). The number of nitrogens with two attached hydrogens (primary N) is 1. The number of carboxylic acids is 1. The van der Waals surface area contributed by atoms with Crippen molar-refractivity contribution in [2.45, 2.75) is 13.0 Å². The van der Waals surface area contributed by atoms with E-state index in [4.69, 9.17) is 10.5 Å². The molecule has 3 N–H and O–H groups in total. The number of fused-ring (bicyclic) bond motifs is 2. The first kappa shape index (κ1) is 18.5. The highest BCUT2D eigenvalue weighted by atomic mass is 16.6. The number of carboxylic acid groups (broad SMARTS) is 1. The smallest absolute Gasteiger partial charge is 0.405 e. The topological polar surface area (TPSA) is 89.6 Å².